The van der Waals surface area contributed by atoms with E-state index in [1.54, 1.807) is 36.4 Å². The molecule has 0 aliphatic carbocycles. The summed E-state index contributed by atoms with van der Waals surface area (Å²) in [5, 5.41) is 12.7. The van der Waals surface area contributed by atoms with Crippen LogP contribution in [0.25, 0.3) is 22.2 Å². The minimum absolute atomic E-state index is 0.0702. The summed E-state index contributed by atoms with van der Waals surface area (Å²) < 4.78 is 49.9. The SMILES string of the molecule is COc1cc2c(-c3ccc(NC(=O)Cc4ccc(C(F)(F)F)cc4)cc3)ncnc2cc1OC[C@H]1CCN(C(=O)O)C1. The first-order valence-electron chi connectivity index (χ1n) is 13.1. The van der Waals surface area contributed by atoms with Crippen molar-refractivity contribution in [1.29, 1.82) is 0 Å². The molecule has 42 heavy (non-hydrogen) atoms. The van der Waals surface area contributed by atoms with Crippen molar-refractivity contribution in [3.63, 3.8) is 0 Å². The van der Waals surface area contributed by atoms with E-state index >= 15 is 0 Å². The van der Waals surface area contributed by atoms with Gasteiger partial charge in [-0.15, -0.1) is 0 Å². The number of methoxy groups -OCH3 is 1. The lowest BCUT2D eigenvalue weighted by atomic mass is 10.1. The fraction of sp³-hybridized carbons (Fsp3) is 0.267. The number of aromatic nitrogens is 2. The number of carboxylic acid groups (broad SMARTS) is 1. The summed E-state index contributed by atoms with van der Waals surface area (Å²) in [5.41, 5.74) is 2.25. The highest BCUT2D eigenvalue weighted by atomic mass is 19.4. The largest absolute Gasteiger partial charge is 0.493 e. The first kappa shape index (κ1) is 28.7. The van der Waals surface area contributed by atoms with Gasteiger partial charge in [-0.2, -0.15) is 13.2 Å². The van der Waals surface area contributed by atoms with Gasteiger partial charge in [-0.25, -0.2) is 14.8 Å². The predicted octanol–water partition coefficient (Wildman–Crippen LogP) is 5.88. The lowest BCUT2D eigenvalue weighted by molar-refractivity contribution is -0.137. The summed E-state index contributed by atoms with van der Waals surface area (Å²) in [7, 11) is 1.53. The third kappa shape index (κ3) is 6.54. The molecular weight excluding hydrogens is 553 g/mol. The number of benzene rings is 3. The highest BCUT2D eigenvalue weighted by Crippen LogP contribution is 2.36. The Balaban J connectivity index is 1.27. The Kier molecular flexibility index (Phi) is 8.14. The van der Waals surface area contributed by atoms with Gasteiger partial charge in [0.05, 0.1) is 36.9 Å². The number of nitrogens with one attached hydrogen (secondary N) is 1. The Bertz CT molecular complexity index is 1590. The molecule has 1 saturated heterocycles. The van der Waals surface area contributed by atoms with Crippen molar-refractivity contribution >= 4 is 28.6 Å². The number of halogens is 3. The van der Waals surface area contributed by atoms with E-state index in [1.807, 2.05) is 0 Å². The Hall–Kier alpha value is -4.87. The number of likely N-dealkylation sites (tertiary alicyclic amines) is 1. The van der Waals surface area contributed by atoms with E-state index in [-0.39, 0.29) is 18.2 Å². The highest BCUT2D eigenvalue weighted by molar-refractivity contribution is 5.95. The van der Waals surface area contributed by atoms with Crippen molar-refractivity contribution in [3.8, 4) is 22.8 Å². The van der Waals surface area contributed by atoms with Gasteiger partial charge in [0.25, 0.3) is 0 Å². The normalized spacial score (nSPS) is 15.0. The van der Waals surface area contributed by atoms with Crippen molar-refractivity contribution in [3.05, 3.63) is 78.1 Å². The molecule has 12 heteroatoms. The number of fused-ring (bicyclic) bond motifs is 1. The van der Waals surface area contributed by atoms with Crippen molar-refractivity contribution in [2.75, 3.05) is 32.1 Å². The van der Waals surface area contributed by atoms with Crippen LogP contribution in [0.1, 0.15) is 17.5 Å². The zero-order valence-corrected chi connectivity index (χ0v) is 22.5. The highest BCUT2D eigenvalue weighted by Gasteiger charge is 2.30. The minimum atomic E-state index is -4.43. The number of carbonyl (C=O) groups excluding carboxylic acids is 1. The second-order valence-corrected chi connectivity index (χ2v) is 9.93. The first-order chi connectivity index (χ1) is 20.1. The molecule has 1 aromatic heterocycles. The first-order valence-corrected chi connectivity index (χ1v) is 13.1. The molecule has 0 radical (unpaired) electrons. The van der Waals surface area contributed by atoms with Gasteiger partial charge in [-0.3, -0.25) is 4.79 Å². The summed E-state index contributed by atoms with van der Waals surface area (Å²) >= 11 is 0. The molecule has 218 valence electrons. The van der Waals surface area contributed by atoms with Crippen molar-refractivity contribution in [2.45, 2.75) is 19.0 Å². The minimum Gasteiger partial charge on any atom is -0.493 e. The molecule has 2 N–H and O–H groups in total. The van der Waals surface area contributed by atoms with Crippen LogP contribution in [-0.4, -0.2) is 58.8 Å². The molecule has 1 fully saturated rings. The van der Waals surface area contributed by atoms with Crippen LogP contribution in [0, 0.1) is 5.92 Å². The fourth-order valence-electron chi connectivity index (χ4n) is 4.83. The summed E-state index contributed by atoms with van der Waals surface area (Å²) in [6, 6.07) is 15.1. The third-order valence-corrected chi connectivity index (χ3v) is 7.04. The summed E-state index contributed by atoms with van der Waals surface area (Å²) in [6.45, 7) is 1.25. The number of carbonyl (C=O) groups is 2. The predicted molar refractivity (Wildman–Crippen MR) is 149 cm³/mol. The Morgan fingerprint density at radius 1 is 1.05 bits per heavy atom. The number of alkyl halides is 3. The number of rotatable bonds is 8. The van der Waals surface area contributed by atoms with E-state index in [0.717, 1.165) is 29.5 Å². The summed E-state index contributed by atoms with van der Waals surface area (Å²) in [6.07, 6.45) is -3.27. The zero-order chi connectivity index (χ0) is 29.9. The standard InChI is InChI=1S/C30H27F3N4O5/c1-41-25-13-23-24(14-26(25)42-16-19-10-11-37(15-19)29(39)40)34-17-35-28(23)20-4-8-22(9-5-20)36-27(38)12-18-2-6-21(7-3-18)30(31,32)33/h2-9,13-14,17,19H,10-12,15-16H2,1H3,(H,36,38)(H,39,40)/t19-/m0/s1. The van der Waals surface area contributed by atoms with Gasteiger partial charge in [-0.1, -0.05) is 24.3 Å². The molecule has 5 rings (SSSR count). The van der Waals surface area contributed by atoms with E-state index in [4.69, 9.17) is 9.47 Å². The fourth-order valence-corrected chi connectivity index (χ4v) is 4.83. The number of amides is 2. The number of anilines is 1. The van der Waals surface area contributed by atoms with Crippen molar-refractivity contribution in [1.82, 2.24) is 14.9 Å². The van der Waals surface area contributed by atoms with E-state index in [2.05, 4.69) is 15.3 Å². The maximum absolute atomic E-state index is 12.8. The molecule has 0 spiro atoms. The number of ether oxygens (including phenoxy) is 2. The second kappa shape index (κ2) is 11.9. The molecule has 1 aliphatic heterocycles. The lowest BCUT2D eigenvalue weighted by Gasteiger charge is -2.16. The molecule has 3 aromatic carbocycles. The summed E-state index contributed by atoms with van der Waals surface area (Å²) in [4.78, 5) is 33.9. The van der Waals surface area contributed by atoms with E-state index in [9.17, 15) is 27.9 Å². The molecule has 2 amide bonds. The van der Waals surface area contributed by atoms with E-state index < -0.39 is 17.8 Å². The zero-order valence-electron chi connectivity index (χ0n) is 22.5. The molecule has 0 saturated carbocycles. The molecule has 4 aromatic rings. The third-order valence-electron chi connectivity index (χ3n) is 7.04. The molecule has 1 aliphatic rings. The van der Waals surface area contributed by atoms with Gasteiger partial charge in [0.2, 0.25) is 5.91 Å². The van der Waals surface area contributed by atoms with Crippen LogP contribution in [0.4, 0.5) is 23.7 Å². The van der Waals surface area contributed by atoms with Crippen LogP contribution in [0.15, 0.2) is 67.0 Å². The number of nitrogens with zero attached hydrogens (tertiary/aromatic N) is 3. The smallest absolute Gasteiger partial charge is 0.416 e. The monoisotopic (exact) mass is 580 g/mol. The van der Waals surface area contributed by atoms with Crippen molar-refractivity contribution < 1.29 is 37.3 Å². The average molecular weight is 581 g/mol. The Morgan fingerprint density at radius 3 is 2.43 bits per heavy atom. The molecule has 2 heterocycles. The van der Waals surface area contributed by atoms with Crippen LogP contribution >= 0.6 is 0 Å². The number of hydrogen-bond acceptors (Lipinski definition) is 6. The number of hydrogen-bond donors (Lipinski definition) is 2. The topological polar surface area (TPSA) is 114 Å². The van der Waals surface area contributed by atoms with Crippen molar-refractivity contribution in [2.24, 2.45) is 5.92 Å². The Morgan fingerprint density at radius 2 is 1.79 bits per heavy atom. The second-order valence-electron chi connectivity index (χ2n) is 9.93. The maximum Gasteiger partial charge on any atom is 0.416 e. The van der Waals surface area contributed by atoms with Crippen LogP contribution < -0.4 is 14.8 Å². The van der Waals surface area contributed by atoms with Gasteiger partial charge in [0.15, 0.2) is 11.5 Å². The molecule has 9 nitrogen and oxygen atoms in total. The maximum atomic E-state index is 12.8. The quantitative estimate of drug-likeness (QED) is 0.267. The molecule has 0 unspecified atom stereocenters. The van der Waals surface area contributed by atoms with E-state index in [1.165, 1.54) is 30.5 Å². The summed E-state index contributed by atoms with van der Waals surface area (Å²) in [5.74, 6) is 0.699. The van der Waals surface area contributed by atoms with Gasteiger partial charge >= 0.3 is 12.3 Å². The van der Waals surface area contributed by atoms with Gasteiger partial charge in [0.1, 0.15) is 6.33 Å². The van der Waals surface area contributed by atoms with Crippen LogP contribution in [-0.2, 0) is 17.4 Å². The molecule has 1 atom stereocenters. The molecular formula is C30H27F3N4O5. The van der Waals surface area contributed by atoms with Gasteiger partial charge in [-0.05, 0) is 42.3 Å². The van der Waals surface area contributed by atoms with Gasteiger partial charge in [0, 0.05) is 41.7 Å². The average Bonchev–Trinajstić information content (AvgIpc) is 3.45. The van der Waals surface area contributed by atoms with Crippen LogP contribution in [0.5, 0.6) is 11.5 Å². The van der Waals surface area contributed by atoms with Crippen LogP contribution in [0.2, 0.25) is 0 Å². The lowest BCUT2D eigenvalue weighted by Crippen LogP contribution is -2.27. The molecule has 0 bridgehead atoms. The van der Waals surface area contributed by atoms with Crippen LogP contribution in [0.3, 0.4) is 0 Å². The van der Waals surface area contributed by atoms with E-state index in [0.29, 0.717) is 53.7 Å². The van der Waals surface area contributed by atoms with Gasteiger partial charge < -0.3 is 24.8 Å². The Labute approximate surface area is 238 Å².